The number of amides is 2. The van der Waals surface area contributed by atoms with Gasteiger partial charge in [-0.2, -0.15) is 0 Å². The minimum absolute atomic E-state index is 0.0212. The number of halogens is 2. The topological polar surface area (TPSA) is 49.4 Å². The van der Waals surface area contributed by atoms with Crippen LogP contribution in [0.5, 0.6) is 0 Å². The van der Waals surface area contributed by atoms with Gasteiger partial charge in [0.1, 0.15) is 0 Å². The fraction of sp³-hybridized carbons (Fsp3) is 0.222. The Kier molecular flexibility index (Phi) is 6.40. The Morgan fingerprint density at radius 2 is 1.96 bits per heavy atom. The summed E-state index contributed by atoms with van der Waals surface area (Å²) in [5.74, 6) is -0.259. The Labute approximate surface area is 154 Å². The monoisotopic (exact) mass is 408 g/mol. The molecular formula is C18H18BrClN2O2. The van der Waals surface area contributed by atoms with Crippen molar-refractivity contribution in [3.8, 4) is 0 Å². The highest BCUT2D eigenvalue weighted by molar-refractivity contribution is 9.10. The third kappa shape index (κ3) is 4.82. The summed E-state index contributed by atoms with van der Waals surface area (Å²) in [4.78, 5) is 25.7. The second kappa shape index (κ2) is 8.31. The van der Waals surface area contributed by atoms with Gasteiger partial charge in [-0.1, -0.05) is 39.7 Å². The molecule has 6 heteroatoms. The largest absolute Gasteiger partial charge is 0.339 e. The quantitative estimate of drug-likeness (QED) is 0.776. The van der Waals surface area contributed by atoms with Crippen LogP contribution in [0.2, 0.25) is 5.02 Å². The van der Waals surface area contributed by atoms with Crippen LogP contribution in [0.25, 0.3) is 0 Å². The standard InChI is InChI=1S/C18H18BrClN2O2/c1-3-22(12(2)23)11-13-5-4-6-15(9-13)21-18(24)16-10-14(19)7-8-17(16)20/h4-10H,3,11H2,1-2H3,(H,21,24). The maximum absolute atomic E-state index is 12.4. The van der Waals surface area contributed by atoms with E-state index in [1.54, 1.807) is 36.1 Å². The number of hydrogen-bond donors (Lipinski definition) is 1. The van der Waals surface area contributed by atoms with Gasteiger partial charge in [-0.3, -0.25) is 9.59 Å². The number of nitrogens with one attached hydrogen (secondary N) is 1. The normalized spacial score (nSPS) is 10.3. The third-order valence-corrected chi connectivity index (χ3v) is 4.38. The van der Waals surface area contributed by atoms with Gasteiger partial charge in [-0.25, -0.2) is 0 Å². The van der Waals surface area contributed by atoms with E-state index < -0.39 is 0 Å². The first-order chi connectivity index (χ1) is 11.4. The molecule has 0 spiro atoms. The maximum atomic E-state index is 12.4. The number of hydrogen-bond acceptors (Lipinski definition) is 2. The molecule has 0 atom stereocenters. The first kappa shape index (κ1) is 18.5. The van der Waals surface area contributed by atoms with Crippen LogP contribution in [-0.2, 0) is 11.3 Å². The van der Waals surface area contributed by atoms with E-state index in [2.05, 4.69) is 21.2 Å². The van der Waals surface area contributed by atoms with E-state index in [-0.39, 0.29) is 11.8 Å². The van der Waals surface area contributed by atoms with E-state index in [4.69, 9.17) is 11.6 Å². The molecule has 1 N–H and O–H groups in total. The molecule has 0 aliphatic rings. The van der Waals surface area contributed by atoms with Crippen LogP contribution in [0.15, 0.2) is 46.9 Å². The number of carbonyl (C=O) groups excluding carboxylic acids is 2. The molecule has 4 nitrogen and oxygen atoms in total. The van der Waals surface area contributed by atoms with Gasteiger partial charge in [0, 0.05) is 30.2 Å². The average molecular weight is 410 g/mol. The van der Waals surface area contributed by atoms with Crippen molar-refractivity contribution in [2.24, 2.45) is 0 Å². The molecule has 126 valence electrons. The van der Waals surface area contributed by atoms with Crippen LogP contribution in [0, 0.1) is 0 Å². The van der Waals surface area contributed by atoms with E-state index >= 15 is 0 Å². The average Bonchev–Trinajstić information content (AvgIpc) is 2.54. The van der Waals surface area contributed by atoms with E-state index in [1.165, 1.54) is 0 Å². The summed E-state index contributed by atoms with van der Waals surface area (Å²) in [7, 11) is 0. The summed E-state index contributed by atoms with van der Waals surface area (Å²) >= 11 is 9.42. The van der Waals surface area contributed by atoms with Crippen LogP contribution in [0.1, 0.15) is 29.8 Å². The molecule has 0 unspecified atom stereocenters. The smallest absolute Gasteiger partial charge is 0.257 e. The van der Waals surface area contributed by atoms with E-state index in [1.807, 2.05) is 25.1 Å². The van der Waals surface area contributed by atoms with E-state index in [0.29, 0.717) is 29.4 Å². The van der Waals surface area contributed by atoms with Gasteiger partial charge in [0.15, 0.2) is 0 Å². The Morgan fingerprint density at radius 3 is 2.62 bits per heavy atom. The van der Waals surface area contributed by atoms with Gasteiger partial charge in [-0.15, -0.1) is 0 Å². The first-order valence-corrected chi connectivity index (χ1v) is 8.68. The second-order valence-electron chi connectivity index (χ2n) is 5.31. The summed E-state index contributed by atoms with van der Waals surface area (Å²) in [6.45, 7) is 4.62. The molecule has 2 rings (SSSR count). The van der Waals surface area contributed by atoms with Crippen LogP contribution in [-0.4, -0.2) is 23.3 Å². The first-order valence-electron chi connectivity index (χ1n) is 7.51. The zero-order valence-corrected chi connectivity index (χ0v) is 15.8. The SMILES string of the molecule is CCN(Cc1cccc(NC(=O)c2cc(Br)ccc2Cl)c1)C(C)=O. The third-order valence-electron chi connectivity index (χ3n) is 3.56. The Morgan fingerprint density at radius 1 is 1.21 bits per heavy atom. The van der Waals surface area contributed by atoms with Gasteiger partial charge in [0.05, 0.1) is 10.6 Å². The van der Waals surface area contributed by atoms with Crippen molar-refractivity contribution < 1.29 is 9.59 Å². The van der Waals surface area contributed by atoms with Crippen LogP contribution >= 0.6 is 27.5 Å². The number of nitrogens with zero attached hydrogens (tertiary/aromatic N) is 1. The molecule has 0 aliphatic heterocycles. The molecule has 0 fully saturated rings. The molecule has 0 aromatic heterocycles. The van der Waals surface area contributed by atoms with Crippen molar-refractivity contribution in [2.75, 3.05) is 11.9 Å². The molecule has 0 saturated heterocycles. The Balaban J connectivity index is 2.15. The Hall–Kier alpha value is -1.85. The van der Waals surface area contributed by atoms with Gasteiger partial charge < -0.3 is 10.2 Å². The predicted octanol–water partition coefficient (Wildman–Crippen LogP) is 4.72. The van der Waals surface area contributed by atoms with Crippen molar-refractivity contribution >= 4 is 45.0 Å². The van der Waals surface area contributed by atoms with Crippen molar-refractivity contribution in [2.45, 2.75) is 20.4 Å². The molecule has 2 amide bonds. The molecule has 2 aromatic rings. The van der Waals surface area contributed by atoms with Crippen molar-refractivity contribution in [1.29, 1.82) is 0 Å². The number of rotatable bonds is 5. The minimum Gasteiger partial charge on any atom is -0.339 e. The number of anilines is 1. The fourth-order valence-corrected chi connectivity index (χ4v) is 2.85. The van der Waals surface area contributed by atoms with E-state index in [0.717, 1.165) is 10.0 Å². The summed E-state index contributed by atoms with van der Waals surface area (Å²) < 4.78 is 0.783. The number of benzene rings is 2. The molecule has 0 aliphatic carbocycles. The molecule has 0 saturated carbocycles. The van der Waals surface area contributed by atoms with Crippen LogP contribution in [0.3, 0.4) is 0 Å². The summed E-state index contributed by atoms with van der Waals surface area (Å²) in [6, 6.07) is 12.6. The highest BCUT2D eigenvalue weighted by Gasteiger charge is 2.12. The van der Waals surface area contributed by atoms with Gasteiger partial charge in [-0.05, 0) is 42.8 Å². The lowest BCUT2D eigenvalue weighted by molar-refractivity contribution is -0.129. The zero-order chi connectivity index (χ0) is 17.7. The molecular weight excluding hydrogens is 392 g/mol. The van der Waals surface area contributed by atoms with Crippen molar-refractivity contribution in [1.82, 2.24) is 4.90 Å². The lowest BCUT2D eigenvalue weighted by Gasteiger charge is -2.19. The van der Waals surface area contributed by atoms with Crippen molar-refractivity contribution in [3.63, 3.8) is 0 Å². The molecule has 24 heavy (non-hydrogen) atoms. The minimum atomic E-state index is -0.280. The lowest BCUT2D eigenvalue weighted by Crippen LogP contribution is -2.27. The van der Waals surface area contributed by atoms with Crippen molar-refractivity contribution in [3.05, 3.63) is 63.1 Å². The van der Waals surface area contributed by atoms with Gasteiger partial charge in [0.2, 0.25) is 5.91 Å². The molecule has 2 aromatic carbocycles. The number of carbonyl (C=O) groups is 2. The fourth-order valence-electron chi connectivity index (χ4n) is 2.28. The van der Waals surface area contributed by atoms with Gasteiger partial charge >= 0.3 is 0 Å². The highest BCUT2D eigenvalue weighted by atomic mass is 79.9. The molecule has 0 radical (unpaired) electrons. The Bertz CT molecular complexity index is 764. The summed E-state index contributed by atoms with van der Waals surface area (Å²) in [5, 5.41) is 3.23. The highest BCUT2D eigenvalue weighted by Crippen LogP contribution is 2.22. The molecule has 0 heterocycles. The summed E-state index contributed by atoms with van der Waals surface area (Å²) in [5.41, 5.74) is 2.01. The molecule has 0 bridgehead atoms. The second-order valence-corrected chi connectivity index (χ2v) is 6.63. The predicted molar refractivity (Wildman–Crippen MR) is 100 cm³/mol. The zero-order valence-electron chi connectivity index (χ0n) is 13.5. The van der Waals surface area contributed by atoms with E-state index in [9.17, 15) is 9.59 Å². The lowest BCUT2D eigenvalue weighted by atomic mass is 10.1. The van der Waals surface area contributed by atoms with Crippen LogP contribution in [0.4, 0.5) is 5.69 Å². The van der Waals surface area contributed by atoms with Gasteiger partial charge in [0.25, 0.3) is 5.91 Å². The van der Waals surface area contributed by atoms with Crippen LogP contribution < -0.4 is 5.32 Å². The maximum Gasteiger partial charge on any atom is 0.257 e. The summed E-state index contributed by atoms with van der Waals surface area (Å²) in [6.07, 6.45) is 0.